The van der Waals surface area contributed by atoms with Gasteiger partial charge < -0.3 is 4.74 Å². The van der Waals surface area contributed by atoms with Gasteiger partial charge in [0.15, 0.2) is 5.78 Å². The fraction of sp³-hybridized carbons (Fsp3) is 0.143. The summed E-state index contributed by atoms with van der Waals surface area (Å²) in [5.41, 5.74) is 3.30. The van der Waals surface area contributed by atoms with E-state index in [0.29, 0.717) is 24.0 Å². The minimum Gasteiger partial charge on any atom is -0.469 e. The number of nitriles is 1. The molecule has 0 saturated heterocycles. The van der Waals surface area contributed by atoms with Crippen molar-refractivity contribution in [1.29, 1.82) is 5.26 Å². The van der Waals surface area contributed by atoms with Gasteiger partial charge in [0.05, 0.1) is 17.9 Å². The molecule has 0 N–H and O–H groups in total. The van der Waals surface area contributed by atoms with E-state index in [9.17, 15) is 4.79 Å². The molecule has 2 aromatic carbocycles. The number of halogens is 1. The van der Waals surface area contributed by atoms with Gasteiger partial charge >= 0.3 is 0 Å². The maximum absolute atomic E-state index is 12.5. The number of hydrogen-bond acceptors (Lipinski definition) is 3. The van der Waals surface area contributed by atoms with E-state index in [2.05, 4.69) is 22.0 Å². The highest BCUT2D eigenvalue weighted by Gasteiger charge is 2.15. The molecule has 1 aliphatic rings. The van der Waals surface area contributed by atoms with Gasteiger partial charge in [-0.1, -0.05) is 40.2 Å². The highest BCUT2D eigenvalue weighted by atomic mass is 79.9. The number of carbonyl (C=O) groups is 1. The monoisotopic (exact) mass is 393 g/mol. The maximum Gasteiger partial charge on any atom is 0.163 e. The first-order valence-corrected chi connectivity index (χ1v) is 8.79. The Labute approximate surface area is 155 Å². The summed E-state index contributed by atoms with van der Waals surface area (Å²) in [7, 11) is 0. The van der Waals surface area contributed by atoms with Gasteiger partial charge in [0.2, 0.25) is 0 Å². The molecule has 0 amide bonds. The minimum absolute atomic E-state index is 0.0608. The Morgan fingerprint density at radius 3 is 2.32 bits per heavy atom. The molecule has 3 nitrogen and oxygen atoms in total. The van der Waals surface area contributed by atoms with Gasteiger partial charge in [0.25, 0.3) is 0 Å². The van der Waals surface area contributed by atoms with E-state index in [4.69, 9.17) is 10.00 Å². The molecule has 4 heteroatoms. The fourth-order valence-electron chi connectivity index (χ4n) is 2.74. The zero-order valence-corrected chi connectivity index (χ0v) is 15.1. The highest BCUT2D eigenvalue weighted by Crippen LogP contribution is 2.30. The highest BCUT2D eigenvalue weighted by molar-refractivity contribution is 9.10. The normalized spacial score (nSPS) is 14.7. The number of benzene rings is 2. The van der Waals surface area contributed by atoms with Crippen molar-refractivity contribution in [2.45, 2.75) is 19.3 Å². The minimum atomic E-state index is 0.0608. The summed E-state index contributed by atoms with van der Waals surface area (Å²) in [5, 5.41) is 8.85. The summed E-state index contributed by atoms with van der Waals surface area (Å²) < 4.78 is 6.62. The third kappa shape index (κ3) is 4.26. The molecule has 0 radical (unpaired) electrons. The van der Waals surface area contributed by atoms with Crippen LogP contribution >= 0.6 is 15.9 Å². The summed E-state index contributed by atoms with van der Waals surface area (Å²) in [6.45, 7) is 0. The van der Waals surface area contributed by atoms with Crippen LogP contribution in [0.15, 0.2) is 71.1 Å². The topological polar surface area (TPSA) is 50.1 Å². The molecule has 124 valence electrons. The van der Waals surface area contributed by atoms with Gasteiger partial charge in [-0.2, -0.15) is 5.26 Å². The summed E-state index contributed by atoms with van der Waals surface area (Å²) in [5.74, 6) is 0.959. The predicted molar refractivity (Wildman–Crippen MR) is 101 cm³/mol. The van der Waals surface area contributed by atoms with E-state index in [0.717, 1.165) is 27.8 Å². The van der Waals surface area contributed by atoms with Crippen molar-refractivity contribution in [1.82, 2.24) is 0 Å². The van der Waals surface area contributed by atoms with Crippen LogP contribution in [0.3, 0.4) is 0 Å². The van der Waals surface area contributed by atoms with E-state index >= 15 is 0 Å². The Kier molecular flexibility index (Phi) is 5.47. The molecular formula is C21H16BrNO2. The Bertz CT molecular complexity index is 862. The standard InChI is InChI=1S/C21H16BrNO2/c22-18-9-7-16(8-10-18)19(21-2-1-13-25-21)11-12-20(24)17-5-3-15(14-23)4-6-17/h1,3-10,13H,2,11-12H2. The fourth-order valence-corrected chi connectivity index (χ4v) is 3.00. The number of hydrogen-bond donors (Lipinski definition) is 0. The predicted octanol–water partition coefficient (Wildman–Crippen LogP) is 5.63. The van der Waals surface area contributed by atoms with E-state index in [-0.39, 0.29) is 5.78 Å². The SMILES string of the molecule is N#Cc1ccc(C(=O)CCC(=C2CC=CO2)c2ccc(Br)cc2)cc1. The van der Waals surface area contributed by atoms with Gasteiger partial charge in [-0.15, -0.1) is 0 Å². The molecule has 0 aromatic heterocycles. The first-order chi connectivity index (χ1) is 12.2. The lowest BCUT2D eigenvalue weighted by Gasteiger charge is -2.12. The van der Waals surface area contributed by atoms with E-state index in [1.165, 1.54) is 0 Å². The number of ketones is 1. The number of allylic oxidation sites excluding steroid dienone is 2. The van der Waals surface area contributed by atoms with Gasteiger partial charge in [-0.05, 0) is 47.9 Å². The Morgan fingerprint density at radius 1 is 1.04 bits per heavy atom. The van der Waals surface area contributed by atoms with Gasteiger partial charge in [-0.25, -0.2) is 0 Å². The smallest absolute Gasteiger partial charge is 0.163 e. The third-order valence-corrected chi connectivity index (χ3v) is 4.61. The van der Waals surface area contributed by atoms with Crippen LogP contribution in [0.5, 0.6) is 0 Å². The third-order valence-electron chi connectivity index (χ3n) is 4.08. The zero-order valence-electron chi connectivity index (χ0n) is 13.5. The Hall–Kier alpha value is -2.64. The second-order valence-electron chi connectivity index (χ2n) is 5.71. The van der Waals surface area contributed by atoms with Crippen LogP contribution in [-0.4, -0.2) is 5.78 Å². The van der Waals surface area contributed by atoms with Gasteiger partial charge in [-0.3, -0.25) is 4.79 Å². The average Bonchev–Trinajstić information content (AvgIpc) is 3.17. The summed E-state index contributed by atoms with van der Waals surface area (Å²) >= 11 is 3.45. The van der Waals surface area contributed by atoms with Crippen LogP contribution in [0.4, 0.5) is 0 Å². The molecular weight excluding hydrogens is 378 g/mol. The number of nitrogens with zero attached hydrogens (tertiary/aromatic N) is 1. The molecule has 1 aliphatic heterocycles. The first kappa shape index (κ1) is 17.2. The number of carbonyl (C=O) groups excluding carboxylic acids is 1. The van der Waals surface area contributed by atoms with Crippen molar-refractivity contribution in [2.24, 2.45) is 0 Å². The number of rotatable bonds is 5. The van der Waals surface area contributed by atoms with E-state index in [1.807, 2.05) is 30.3 Å². The van der Waals surface area contributed by atoms with Crippen LogP contribution < -0.4 is 0 Å². The summed E-state index contributed by atoms with van der Waals surface area (Å²) in [4.78, 5) is 12.5. The summed E-state index contributed by atoms with van der Waals surface area (Å²) in [6.07, 6.45) is 5.41. The molecule has 0 fully saturated rings. The van der Waals surface area contributed by atoms with Crippen molar-refractivity contribution in [3.63, 3.8) is 0 Å². The lowest BCUT2D eigenvalue weighted by Crippen LogP contribution is -2.01. The number of Topliss-reactive ketones (excluding diaryl/α,β-unsaturated/α-hetero) is 1. The molecule has 0 bridgehead atoms. The largest absolute Gasteiger partial charge is 0.469 e. The lowest BCUT2D eigenvalue weighted by atomic mass is 9.96. The van der Waals surface area contributed by atoms with Crippen molar-refractivity contribution in [3.8, 4) is 6.07 Å². The molecule has 1 heterocycles. The van der Waals surface area contributed by atoms with Crippen molar-refractivity contribution in [3.05, 3.63) is 87.8 Å². The van der Waals surface area contributed by atoms with E-state index < -0.39 is 0 Å². The Balaban J connectivity index is 1.77. The van der Waals surface area contributed by atoms with Crippen molar-refractivity contribution >= 4 is 27.3 Å². The van der Waals surface area contributed by atoms with Crippen LogP contribution in [0.2, 0.25) is 0 Å². The zero-order chi connectivity index (χ0) is 17.6. The molecule has 0 spiro atoms. The molecule has 0 saturated carbocycles. The molecule has 0 aliphatic carbocycles. The van der Waals surface area contributed by atoms with E-state index in [1.54, 1.807) is 30.5 Å². The Morgan fingerprint density at radius 2 is 1.72 bits per heavy atom. The maximum atomic E-state index is 12.5. The number of ether oxygens (including phenoxy) is 1. The van der Waals surface area contributed by atoms with Crippen LogP contribution in [0, 0.1) is 11.3 Å². The van der Waals surface area contributed by atoms with Crippen LogP contribution in [0.1, 0.15) is 40.7 Å². The molecule has 25 heavy (non-hydrogen) atoms. The van der Waals surface area contributed by atoms with Crippen LogP contribution in [-0.2, 0) is 4.74 Å². The quantitative estimate of drug-likeness (QED) is 0.618. The van der Waals surface area contributed by atoms with Crippen molar-refractivity contribution in [2.75, 3.05) is 0 Å². The van der Waals surface area contributed by atoms with Crippen molar-refractivity contribution < 1.29 is 9.53 Å². The lowest BCUT2D eigenvalue weighted by molar-refractivity contribution is 0.0984. The van der Waals surface area contributed by atoms with Gasteiger partial charge in [0.1, 0.15) is 5.76 Å². The van der Waals surface area contributed by atoms with Gasteiger partial charge in [0, 0.05) is 22.9 Å². The molecule has 0 atom stereocenters. The molecule has 3 rings (SSSR count). The molecule has 2 aromatic rings. The average molecular weight is 394 g/mol. The summed E-state index contributed by atoms with van der Waals surface area (Å²) in [6, 6.07) is 16.9. The van der Waals surface area contributed by atoms with Crippen LogP contribution in [0.25, 0.3) is 5.57 Å². The second-order valence-corrected chi connectivity index (χ2v) is 6.63. The first-order valence-electron chi connectivity index (χ1n) is 8.00. The second kappa shape index (κ2) is 7.96. The molecule has 0 unspecified atom stereocenters.